The van der Waals surface area contributed by atoms with E-state index in [1.54, 1.807) is 0 Å². The predicted octanol–water partition coefficient (Wildman–Crippen LogP) is 1.89. The molecule has 0 bridgehead atoms. The van der Waals surface area contributed by atoms with Gasteiger partial charge in [0.25, 0.3) is 6.43 Å². The highest BCUT2D eigenvalue weighted by Crippen LogP contribution is 2.29. The summed E-state index contributed by atoms with van der Waals surface area (Å²) in [6.45, 7) is 2.37. The van der Waals surface area contributed by atoms with E-state index in [1.807, 2.05) is 0 Å². The van der Waals surface area contributed by atoms with Crippen molar-refractivity contribution in [3.63, 3.8) is 0 Å². The van der Waals surface area contributed by atoms with Crippen molar-refractivity contribution in [3.8, 4) is 0 Å². The van der Waals surface area contributed by atoms with Gasteiger partial charge in [-0.1, -0.05) is 0 Å². The number of alkyl halides is 2. The van der Waals surface area contributed by atoms with E-state index in [0.717, 1.165) is 25.9 Å². The summed E-state index contributed by atoms with van der Waals surface area (Å²) < 4.78 is 27.2. The van der Waals surface area contributed by atoms with Crippen LogP contribution < -0.4 is 10.2 Å². The molecule has 3 rings (SSSR count). The van der Waals surface area contributed by atoms with Crippen molar-refractivity contribution in [2.24, 2.45) is 0 Å². The summed E-state index contributed by atoms with van der Waals surface area (Å²) >= 11 is 0. The Hall–Kier alpha value is -1.40. The summed E-state index contributed by atoms with van der Waals surface area (Å²) in [5, 5.41) is 7.30. The maximum Gasteiger partial charge on any atom is 0.260 e. The van der Waals surface area contributed by atoms with Gasteiger partial charge in [-0.25, -0.2) is 13.5 Å². The van der Waals surface area contributed by atoms with Crippen molar-refractivity contribution >= 4 is 11.9 Å². The topological polar surface area (TPSA) is 46.0 Å². The standard InChI is InChI=1S/C11H17F2N5/c12-9(13)8-4-5-14-10-15-11(16-18(8)10)17-6-2-1-3-7-17/h8-9H,1-7H2,(H,14,15,16). The lowest BCUT2D eigenvalue weighted by molar-refractivity contribution is 0.0714. The third-order valence-corrected chi connectivity index (χ3v) is 3.59. The lowest BCUT2D eigenvalue weighted by atomic mass is 10.1. The van der Waals surface area contributed by atoms with Gasteiger partial charge >= 0.3 is 0 Å². The molecule has 1 aromatic rings. The van der Waals surface area contributed by atoms with E-state index in [0.29, 0.717) is 24.9 Å². The summed E-state index contributed by atoms with van der Waals surface area (Å²) in [6, 6.07) is -0.840. The van der Waals surface area contributed by atoms with Crippen LogP contribution in [0.5, 0.6) is 0 Å². The molecule has 100 valence electrons. The minimum atomic E-state index is -2.39. The van der Waals surface area contributed by atoms with Crippen LogP contribution in [0.25, 0.3) is 0 Å². The fourth-order valence-corrected chi connectivity index (χ4v) is 2.58. The number of aromatic nitrogens is 3. The Bertz CT molecular complexity index is 414. The highest BCUT2D eigenvalue weighted by molar-refractivity contribution is 5.39. The highest BCUT2D eigenvalue weighted by Gasteiger charge is 2.31. The molecule has 0 aromatic carbocycles. The van der Waals surface area contributed by atoms with Gasteiger partial charge in [0.05, 0.1) is 0 Å². The maximum atomic E-state index is 12.9. The van der Waals surface area contributed by atoms with Gasteiger partial charge in [0, 0.05) is 19.6 Å². The van der Waals surface area contributed by atoms with Gasteiger partial charge in [0.1, 0.15) is 6.04 Å². The first-order chi connectivity index (χ1) is 8.75. The third kappa shape index (κ3) is 2.02. The smallest absolute Gasteiger partial charge is 0.260 e. The second-order valence-corrected chi connectivity index (χ2v) is 4.84. The van der Waals surface area contributed by atoms with Gasteiger partial charge in [-0.15, -0.1) is 5.10 Å². The summed E-state index contributed by atoms with van der Waals surface area (Å²) in [5.74, 6) is 1.07. The summed E-state index contributed by atoms with van der Waals surface area (Å²) in [6.07, 6.45) is 1.47. The van der Waals surface area contributed by atoms with Crippen molar-refractivity contribution in [3.05, 3.63) is 0 Å². The van der Waals surface area contributed by atoms with E-state index in [4.69, 9.17) is 0 Å². The Morgan fingerprint density at radius 1 is 1.22 bits per heavy atom. The molecule has 3 heterocycles. The molecule has 0 spiro atoms. The van der Waals surface area contributed by atoms with E-state index in [2.05, 4.69) is 20.3 Å². The number of hydrogen-bond acceptors (Lipinski definition) is 4. The molecule has 0 saturated carbocycles. The number of fused-ring (bicyclic) bond motifs is 1. The van der Waals surface area contributed by atoms with Gasteiger partial charge in [0.2, 0.25) is 11.9 Å². The molecule has 2 aliphatic heterocycles. The third-order valence-electron chi connectivity index (χ3n) is 3.59. The van der Waals surface area contributed by atoms with Crippen LogP contribution in [0.4, 0.5) is 20.7 Å². The van der Waals surface area contributed by atoms with Crippen molar-refractivity contribution in [1.29, 1.82) is 0 Å². The fraction of sp³-hybridized carbons (Fsp3) is 0.818. The zero-order chi connectivity index (χ0) is 12.5. The number of halogens is 2. The molecule has 1 saturated heterocycles. The van der Waals surface area contributed by atoms with E-state index in [1.165, 1.54) is 11.1 Å². The van der Waals surface area contributed by atoms with Gasteiger partial charge < -0.3 is 10.2 Å². The minimum absolute atomic E-state index is 0.396. The quantitative estimate of drug-likeness (QED) is 0.879. The SMILES string of the molecule is FC(F)C1CCNc2nc(N3CCCCC3)nn21. The zero-order valence-corrected chi connectivity index (χ0v) is 10.1. The first-order valence-electron chi connectivity index (χ1n) is 6.49. The predicted molar refractivity (Wildman–Crippen MR) is 64.2 cm³/mol. The van der Waals surface area contributed by atoms with Crippen LogP contribution in [0.3, 0.4) is 0 Å². The monoisotopic (exact) mass is 257 g/mol. The molecule has 1 unspecified atom stereocenters. The average molecular weight is 257 g/mol. The number of piperidine rings is 1. The van der Waals surface area contributed by atoms with Crippen LogP contribution in [0, 0.1) is 0 Å². The first kappa shape index (κ1) is 11.7. The lowest BCUT2D eigenvalue weighted by Crippen LogP contribution is -2.31. The van der Waals surface area contributed by atoms with Crippen LogP contribution >= 0.6 is 0 Å². The number of nitrogens with zero attached hydrogens (tertiary/aromatic N) is 4. The van der Waals surface area contributed by atoms with Gasteiger partial charge in [0.15, 0.2) is 0 Å². The van der Waals surface area contributed by atoms with Crippen LogP contribution in [0.2, 0.25) is 0 Å². The molecular weight excluding hydrogens is 240 g/mol. The molecule has 0 radical (unpaired) electrons. The largest absolute Gasteiger partial charge is 0.354 e. The van der Waals surface area contributed by atoms with Crippen molar-refractivity contribution < 1.29 is 8.78 Å². The molecule has 7 heteroatoms. The van der Waals surface area contributed by atoms with Crippen molar-refractivity contribution in [2.45, 2.75) is 38.2 Å². The molecule has 1 atom stereocenters. The number of anilines is 2. The molecule has 2 aliphatic rings. The molecule has 1 fully saturated rings. The number of hydrogen-bond donors (Lipinski definition) is 1. The van der Waals surface area contributed by atoms with E-state index in [-0.39, 0.29) is 0 Å². The Morgan fingerprint density at radius 3 is 2.72 bits per heavy atom. The van der Waals surface area contributed by atoms with E-state index >= 15 is 0 Å². The normalized spacial score (nSPS) is 23.9. The Balaban J connectivity index is 1.85. The summed E-state index contributed by atoms with van der Waals surface area (Å²) in [4.78, 5) is 6.42. The van der Waals surface area contributed by atoms with E-state index in [9.17, 15) is 8.78 Å². The molecule has 18 heavy (non-hydrogen) atoms. The second-order valence-electron chi connectivity index (χ2n) is 4.84. The molecular formula is C11H17F2N5. The second kappa shape index (κ2) is 4.70. The Kier molecular flexibility index (Phi) is 3.05. The first-order valence-corrected chi connectivity index (χ1v) is 6.49. The molecule has 5 nitrogen and oxygen atoms in total. The van der Waals surface area contributed by atoms with Crippen LogP contribution in [0.1, 0.15) is 31.7 Å². The number of nitrogens with one attached hydrogen (secondary N) is 1. The Morgan fingerprint density at radius 2 is 2.00 bits per heavy atom. The van der Waals surface area contributed by atoms with Crippen LogP contribution in [0.15, 0.2) is 0 Å². The molecule has 0 amide bonds. The van der Waals surface area contributed by atoms with Gasteiger partial charge in [-0.05, 0) is 25.7 Å². The minimum Gasteiger partial charge on any atom is -0.354 e. The molecule has 1 aromatic heterocycles. The van der Waals surface area contributed by atoms with E-state index < -0.39 is 12.5 Å². The van der Waals surface area contributed by atoms with Gasteiger partial charge in [-0.2, -0.15) is 4.98 Å². The van der Waals surface area contributed by atoms with Crippen LogP contribution in [-0.4, -0.2) is 40.8 Å². The fourth-order valence-electron chi connectivity index (χ4n) is 2.58. The maximum absolute atomic E-state index is 12.9. The van der Waals surface area contributed by atoms with Gasteiger partial charge in [-0.3, -0.25) is 0 Å². The summed E-state index contributed by atoms with van der Waals surface area (Å²) in [7, 11) is 0. The highest BCUT2D eigenvalue weighted by atomic mass is 19.3. The number of rotatable bonds is 2. The van der Waals surface area contributed by atoms with Crippen molar-refractivity contribution in [1.82, 2.24) is 14.8 Å². The zero-order valence-electron chi connectivity index (χ0n) is 10.1. The average Bonchev–Trinajstić information content (AvgIpc) is 2.83. The lowest BCUT2D eigenvalue weighted by Gasteiger charge is -2.25. The van der Waals surface area contributed by atoms with Crippen molar-refractivity contribution in [2.75, 3.05) is 29.9 Å². The molecule has 1 N–H and O–H groups in total. The Labute approximate surface area is 104 Å². The molecule has 0 aliphatic carbocycles. The summed E-state index contributed by atoms with van der Waals surface area (Å²) in [5.41, 5.74) is 0. The van der Waals surface area contributed by atoms with Crippen LogP contribution in [-0.2, 0) is 0 Å².